The highest BCUT2D eigenvalue weighted by Gasteiger charge is 2.22. The van der Waals surface area contributed by atoms with Gasteiger partial charge in [0.15, 0.2) is 0 Å². The molecule has 0 saturated carbocycles. The van der Waals surface area contributed by atoms with Gasteiger partial charge in [-0.05, 0) is 12.0 Å². The van der Waals surface area contributed by atoms with Crippen LogP contribution in [0.15, 0.2) is 30.3 Å². The normalized spacial score (nSPS) is 16.6. The van der Waals surface area contributed by atoms with Crippen LogP contribution >= 0.6 is 11.8 Å². The van der Waals surface area contributed by atoms with Crippen molar-refractivity contribution < 1.29 is 9.59 Å². The van der Waals surface area contributed by atoms with Gasteiger partial charge in [0.05, 0.1) is 12.3 Å². The number of amides is 2. The van der Waals surface area contributed by atoms with Crippen molar-refractivity contribution in [1.29, 1.82) is 0 Å². The summed E-state index contributed by atoms with van der Waals surface area (Å²) < 4.78 is 0. The zero-order valence-corrected chi connectivity index (χ0v) is 12.5. The Balaban J connectivity index is 1.87. The highest BCUT2D eigenvalue weighted by molar-refractivity contribution is 8.00. The van der Waals surface area contributed by atoms with Gasteiger partial charge in [-0.3, -0.25) is 9.59 Å². The van der Waals surface area contributed by atoms with Crippen LogP contribution in [0.3, 0.4) is 0 Å². The maximum atomic E-state index is 12.1. The fourth-order valence-corrected chi connectivity index (χ4v) is 3.34. The summed E-state index contributed by atoms with van der Waals surface area (Å²) >= 11 is 1.65. The van der Waals surface area contributed by atoms with Gasteiger partial charge in [-0.25, -0.2) is 0 Å². The second-order valence-electron chi connectivity index (χ2n) is 4.78. The van der Waals surface area contributed by atoms with Crippen molar-refractivity contribution in [3.05, 3.63) is 35.9 Å². The van der Waals surface area contributed by atoms with Crippen molar-refractivity contribution >= 4 is 23.6 Å². The molecular formula is C15H20N2O2S. The third-order valence-electron chi connectivity index (χ3n) is 3.34. The van der Waals surface area contributed by atoms with Gasteiger partial charge in [-0.1, -0.05) is 37.3 Å². The first-order valence-electron chi connectivity index (χ1n) is 6.91. The summed E-state index contributed by atoms with van der Waals surface area (Å²) in [6.07, 6.45) is 0.989. The molecule has 0 radical (unpaired) electrons. The van der Waals surface area contributed by atoms with Gasteiger partial charge in [-0.15, -0.1) is 11.8 Å². The number of piperazine rings is 1. The average molecular weight is 292 g/mol. The summed E-state index contributed by atoms with van der Waals surface area (Å²) in [5.41, 5.74) is 1.25. The van der Waals surface area contributed by atoms with E-state index in [2.05, 4.69) is 24.4 Å². The molecule has 1 atom stereocenters. The van der Waals surface area contributed by atoms with E-state index in [4.69, 9.17) is 0 Å². The lowest BCUT2D eigenvalue weighted by atomic mass is 10.1. The SMILES string of the molecule is CC[C@@H](SCC(=O)N1CCNC(=O)C1)c1ccccc1. The summed E-state index contributed by atoms with van der Waals surface area (Å²) in [5, 5.41) is 3.06. The molecule has 0 aliphatic carbocycles. The van der Waals surface area contributed by atoms with Crippen LogP contribution in [-0.4, -0.2) is 42.1 Å². The maximum absolute atomic E-state index is 12.1. The van der Waals surface area contributed by atoms with E-state index in [1.165, 1.54) is 5.56 Å². The van der Waals surface area contributed by atoms with Crippen LogP contribution in [0.1, 0.15) is 24.2 Å². The van der Waals surface area contributed by atoms with Crippen LogP contribution in [0.25, 0.3) is 0 Å². The Bertz CT molecular complexity index is 464. The molecule has 1 aliphatic heterocycles. The van der Waals surface area contributed by atoms with Crippen LogP contribution < -0.4 is 5.32 Å². The van der Waals surface area contributed by atoms with Crippen molar-refractivity contribution in [1.82, 2.24) is 10.2 Å². The van der Waals surface area contributed by atoms with Gasteiger partial charge in [-0.2, -0.15) is 0 Å². The van der Waals surface area contributed by atoms with Gasteiger partial charge in [0.25, 0.3) is 0 Å². The molecule has 0 bridgehead atoms. The van der Waals surface area contributed by atoms with E-state index in [0.717, 1.165) is 6.42 Å². The molecule has 1 heterocycles. The lowest BCUT2D eigenvalue weighted by molar-refractivity contribution is -0.136. The number of nitrogens with zero attached hydrogens (tertiary/aromatic N) is 1. The molecule has 0 spiro atoms. The molecule has 108 valence electrons. The van der Waals surface area contributed by atoms with E-state index in [9.17, 15) is 9.59 Å². The summed E-state index contributed by atoms with van der Waals surface area (Å²) in [5.74, 6) is 0.421. The highest BCUT2D eigenvalue weighted by Crippen LogP contribution is 2.31. The standard InChI is InChI=1S/C15H20N2O2S/c1-2-13(12-6-4-3-5-7-12)20-11-15(19)17-9-8-16-14(18)10-17/h3-7,13H,2,8-11H2,1H3,(H,16,18)/t13-/m1/s1. The predicted octanol–water partition coefficient (Wildman–Crippen LogP) is 1.83. The van der Waals surface area contributed by atoms with Crippen molar-refractivity contribution in [2.24, 2.45) is 0 Å². The Kier molecular flexibility index (Phi) is 5.47. The molecular weight excluding hydrogens is 272 g/mol. The van der Waals surface area contributed by atoms with E-state index in [-0.39, 0.29) is 18.4 Å². The van der Waals surface area contributed by atoms with Crippen LogP contribution in [0.2, 0.25) is 0 Å². The minimum absolute atomic E-state index is 0.0548. The first-order valence-corrected chi connectivity index (χ1v) is 7.96. The number of nitrogens with one attached hydrogen (secondary N) is 1. The van der Waals surface area contributed by atoms with E-state index >= 15 is 0 Å². The quantitative estimate of drug-likeness (QED) is 0.901. The number of carbonyl (C=O) groups is 2. The first kappa shape index (κ1) is 14.9. The molecule has 1 saturated heterocycles. The minimum Gasteiger partial charge on any atom is -0.353 e. The summed E-state index contributed by atoms with van der Waals surface area (Å²) in [6.45, 7) is 3.50. The number of benzene rings is 1. The summed E-state index contributed by atoms with van der Waals surface area (Å²) in [4.78, 5) is 25.0. The Labute approximate surface area is 123 Å². The topological polar surface area (TPSA) is 49.4 Å². The molecule has 1 aliphatic rings. The Morgan fingerprint density at radius 1 is 1.40 bits per heavy atom. The Morgan fingerprint density at radius 2 is 2.15 bits per heavy atom. The van der Waals surface area contributed by atoms with Crippen molar-refractivity contribution in [3.63, 3.8) is 0 Å². The van der Waals surface area contributed by atoms with Gasteiger partial charge in [0.1, 0.15) is 0 Å². The number of hydrogen-bond acceptors (Lipinski definition) is 3. The van der Waals surface area contributed by atoms with Crippen LogP contribution in [0.4, 0.5) is 0 Å². The second kappa shape index (κ2) is 7.33. The molecule has 5 heteroatoms. The third kappa shape index (κ3) is 4.00. The van der Waals surface area contributed by atoms with Crippen molar-refractivity contribution in [3.8, 4) is 0 Å². The van der Waals surface area contributed by atoms with Crippen LogP contribution in [0, 0.1) is 0 Å². The molecule has 1 N–H and O–H groups in total. The lowest BCUT2D eigenvalue weighted by Crippen LogP contribution is -2.50. The molecule has 0 aromatic heterocycles. The molecule has 2 amide bonds. The Morgan fingerprint density at radius 3 is 2.80 bits per heavy atom. The van der Waals surface area contributed by atoms with Gasteiger partial charge in [0, 0.05) is 18.3 Å². The summed E-state index contributed by atoms with van der Waals surface area (Å²) in [7, 11) is 0. The van der Waals surface area contributed by atoms with E-state index in [1.54, 1.807) is 16.7 Å². The van der Waals surface area contributed by atoms with Crippen molar-refractivity contribution in [2.75, 3.05) is 25.4 Å². The minimum atomic E-state index is -0.0651. The second-order valence-corrected chi connectivity index (χ2v) is 5.97. The van der Waals surface area contributed by atoms with E-state index < -0.39 is 0 Å². The number of thioether (sulfide) groups is 1. The number of hydrogen-bond donors (Lipinski definition) is 1. The molecule has 2 rings (SSSR count). The van der Waals surface area contributed by atoms with E-state index in [0.29, 0.717) is 24.1 Å². The predicted molar refractivity (Wildman–Crippen MR) is 81.5 cm³/mol. The van der Waals surface area contributed by atoms with Crippen LogP contribution in [0.5, 0.6) is 0 Å². The molecule has 1 aromatic rings. The molecule has 1 aromatic carbocycles. The largest absolute Gasteiger partial charge is 0.353 e. The molecule has 20 heavy (non-hydrogen) atoms. The smallest absolute Gasteiger partial charge is 0.239 e. The van der Waals surface area contributed by atoms with Gasteiger partial charge >= 0.3 is 0 Å². The zero-order valence-electron chi connectivity index (χ0n) is 11.7. The molecule has 1 fully saturated rings. The zero-order chi connectivity index (χ0) is 14.4. The Hall–Kier alpha value is -1.49. The van der Waals surface area contributed by atoms with Gasteiger partial charge in [0.2, 0.25) is 11.8 Å². The summed E-state index contributed by atoms with van der Waals surface area (Å²) in [6, 6.07) is 10.2. The third-order valence-corrected chi connectivity index (χ3v) is 4.76. The number of rotatable bonds is 5. The monoisotopic (exact) mass is 292 g/mol. The fourth-order valence-electron chi connectivity index (χ4n) is 2.23. The molecule has 0 unspecified atom stereocenters. The van der Waals surface area contributed by atoms with Crippen molar-refractivity contribution in [2.45, 2.75) is 18.6 Å². The average Bonchev–Trinajstić information content (AvgIpc) is 2.49. The molecule has 4 nitrogen and oxygen atoms in total. The first-order chi connectivity index (χ1) is 9.70. The van der Waals surface area contributed by atoms with E-state index in [1.807, 2.05) is 18.2 Å². The fraction of sp³-hybridized carbons (Fsp3) is 0.467. The van der Waals surface area contributed by atoms with Crippen LogP contribution in [-0.2, 0) is 9.59 Å². The maximum Gasteiger partial charge on any atom is 0.239 e. The number of carbonyl (C=O) groups excluding carboxylic acids is 2. The van der Waals surface area contributed by atoms with Gasteiger partial charge < -0.3 is 10.2 Å². The lowest BCUT2D eigenvalue weighted by Gasteiger charge is -2.27. The highest BCUT2D eigenvalue weighted by atomic mass is 32.2.